The molecule has 0 radical (unpaired) electrons. The van der Waals surface area contributed by atoms with Gasteiger partial charge in [0.15, 0.2) is 0 Å². The largest absolute Gasteiger partial charge is 0.393 e. The van der Waals surface area contributed by atoms with E-state index in [0.717, 1.165) is 12.8 Å². The predicted octanol–water partition coefficient (Wildman–Crippen LogP) is 9.70. The highest BCUT2D eigenvalue weighted by molar-refractivity contribution is 5.94. The molecule has 0 aromatic carbocycles. The third-order valence-electron chi connectivity index (χ3n) is 7.58. The highest BCUT2D eigenvalue weighted by Gasteiger charge is 2.38. The SMILES string of the molecule is CCCCCCCCCCCCCC(CCCCCCCCCCCC)C1CC(=O)OC1=O. The summed E-state index contributed by atoms with van der Waals surface area (Å²) in [5, 5.41) is 0. The molecule has 0 saturated carbocycles. The summed E-state index contributed by atoms with van der Waals surface area (Å²) >= 11 is 0. The van der Waals surface area contributed by atoms with Crippen LogP contribution >= 0.6 is 0 Å². The Labute approximate surface area is 206 Å². The Morgan fingerprint density at radius 1 is 0.576 bits per heavy atom. The highest BCUT2D eigenvalue weighted by Crippen LogP contribution is 2.32. The average Bonchev–Trinajstić information content (AvgIpc) is 3.14. The topological polar surface area (TPSA) is 43.4 Å². The van der Waals surface area contributed by atoms with Crippen molar-refractivity contribution in [3.05, 3.63) is 0 Å². The monoisotopic (exact) mass is 464 g/mol. The Morgan fingerprint density at radius 2 is 0.909 bits per heavy atom. The lowest BCUT2D eigenvalue weighted by atomic mass is 9.82. The number of hydrogen-bond acceptors (Lipinski definition) is 3. The van der Waals surface area contributed by atoms with Crippen LogP contribution in [0.25, 0.3) is 0 Å². The third-order valence-corrected chi connectivity index (χ3v) is 7.58. The maximum atomic E-state index is 12.2. The highest BCUT2D eigenvalue weighted by atomic mass is 16.6. The molecule has 0 aromatic heterocycles. The van der Waals surface area contributed by atoms with Crippen molar-refractivity contribution in [2.45, 2.75) is 168 Å². The van der Waals surface area contributed by atoms with Crippen molar-refractivity contribution in [2.75, 3.05) is 0 Å². The summed E-state index contributed by atoms with van der Waals surface area (Å²) in [6.07, 6.45) is 30.7. The molecule has 0 aliphatic carbocycles. The average molecular weight is 465 g/mol. The molecule has 1 saturated heterocycles. The van der Waals surface area contributed by atoms with E-state index in [0.29, 0.717) is 12.3 Å². The van der Waals surface area contributed by atoms with Gasteiger partial charge < -0.3 is 4.74 Å². The lowest BCUT2D eigenvalue weighted by Gasteiger charge is -2.20. The number of hydrogen-bond donors (Lipinski definition) is 0. The van der Waals surface area contributed by atoms with Crippen molar-refractivity contribution in [2.24, 2.45) is 11.8 Å². The van der Waals surface area contributed by atoms with Gasteiger partial charge in [-0.15, -0.1) is 0 Å². The molecule has 0 N–H and O–H groups in total. The molecule has 1 aliphatic heterocycles. The molecule has 33 heavy (non-hydrogen) atoms. The van der Waals surface area contributed by atoms with Gasteiger partial charge in [0.25, 0.3) is 0 Å². The zero-order valence-corrected chi connectivity index (χ0v) is 22.4. The summed E-state index contributed by atoms with van der Waals surface area (Å²) in [6, 6.07) is 0. The Kier molecular flexibility index (Phi) is 19.8. The minimum absolute atomic E-state index is 0.167. The zero-order valence-electron chi connectivity index (χ0n) is 22.4. The van der Waals surface area contributed by atoms with Crippen molar-refractivity contribution in [1.82, 2.24) is 0 Å². The molecule has 0 bridgehead atoms. The van der Waals surface area contributed by atoms with E-state index in [2.05, 4.69) is 13.8 Å². The molecule has 1 fully saturated rings. The van der Waals surface area contributed by atoms with Crippen molar-refractivity contribution < 1.29 is 14.3 Å². The quantitative estimate of drug-likeness (QED) is 0.0811. The second-order valence-electron chi connectivity index (χ2n) is 10.7. The number of cyclic esters (lactones) is 2. The van der Waals surface area contributed by atoms with Crippen LogP contribution in [0.3, 0.4) is 0 Å². The maximum absolute atomic E-state index is 12.2. The van der Waals surface area contributed by atoms with E-state index in [1.165, 1.54) is 135 Å². The summed E-state index contributed by atoms with van der Waals surface area (Å²) < 4.78 is 4.88. The molecular formula is C30H56O3. The van der Waals surface area contributed by atoms with Crippen LogP contribution in [-0.4, -0.2) is 11.9 Å². The molecule has 0 amide bonds. The van der Waals surface area contributed by atoms with Crippen molar-refractivity contribution in [1.29, 1.82) is 0 Å². The van der Waals surface area contributed by atoms with Gasteiger partial charge in [0.1, 0.15) is 0 Å². The van der Waals surface area contributed by atoms with E-state index in [-0.39, 0.29) is 17.9 Å². The van der Waals surface area contributed by atoms with Gasteiger partial charge in [-0.1, -0.05) is 149 Å². The zero-order chi connectivity index (χ0) is 24.0. The van der Waals surface area contributed by atoms with Gasteiger partial charge in [0, 0.05) is 0 Å². The number of esters is 2. The number of rotatable bonds is 24. The molecule has 2 atom stereocenters. The second-order valence-corrected chi connectivity index (χ2v) is 10.7. The maximum Gasteiger partial charge on any atom is 0.317 e. The molecule has 0 spiro atoms. The number of carbonyl (C=O) groups excluding carboxylic acids is 2. The number of ether oxygens (including phenoxy) is 1. The summed E-state index contributed by atoms with van der Waals surface area (Å²) in [6.45, 7) is 4.54. The van der Waals surface area contributed by atoms with E-state index >= 15 is 0 Å². The van der Waals surface area contributed by atoms with Crippen LogP contribution in [0.15, 0.2) is 0 Å². The Balaban J connectivity index is 2.13. The molecule has 194 valence electrons. The van der Waals surface area contributed by atoms with Crippen LogP contribution in [0, 0.1) is 11.8 Å². The molecule has 1 aliphatic rings. The first-order chi connectivity index (χ1) is 16.2. The van der Waals surface area contributed by atoms with E-state index in [4.69, 9.17) is 4.74 Å². The van der Waals surface area contributed by atoms with Crippen LogP contribution in [0.2, 0.25) is 0 Å². The first kappa shape index (κ1) is 30.2. The number of carbonyl (C=O) groups is 2. The lowest BCUT2D eigenvalue weighted by Crippen LogP contribution is -2.19. The van der Waals surface area contributed by atoms with Gasteiger partial charge in [0.2, 0.25) is 0 Å². The minimum atomic E-state index is -0.308. The van der Waals surface area contributed by atoms with Crippen LogP contribution in [-0.2, 0) is 14.3 Å². The van der Waals surface area contributed by atoms with Gasteiger partial charge in [0.05, 0.1) is 12.3 Å². The van der Waals surface area contributed by atoms with Gasteiger partial charge in [-0.3, -0.25) is 9.59 Å². The molecule has 1 rings (SSSR count). The Morgan fingerprint density at radius 3 is 1.21 bits per heavy atom. The van der Waals surface area contributed by atoms with Crippen LogP contribution in [0.1, 0.15) is 168 Å². The Bertz CT molecular complexity index is 473. The normalized spacial score (nSPS) is 17.0. The number of unbranched alkanes of at least 4 members (excludes halogenated alkanes) is 19. The fraction of sp³-hybridized carbons (Fsp3) is 0.933. The van der Waals surface area contributed by atoms with Crippen molar-refractivity contribution in [3.63, 3.8) is 0 Å². The lowest BCUT2D eigenvalue weighted by molar-refractivity contribution is -0.153. The first-order valence-corrected chi connectivity index (χ1v) is 14.9. The summed E-state index contributed by atoms with van der Waals surface area (Å²) in [5.74, 6) is -0.382. The second kappa shape index (κ2) is 21.7. The van der Waals surface area contributed by atoms with E-state index in [1.54, 1.807) is 0 Å². The third kappa shape index (κ3) is 16.4. The minimum Gasteiger partial charge on any atom is -0.393 e. The molecule has 0 aromatic rings. The Hall–Kier alpha value is -0.860. The van der Waals surface area contributed by atoms with Crippen LogP contribution in [0.5, 0.6) is 0 Å². The van der Waals surface area contributed by atoms with E-state index in [9.17, 15) is 9.59 Å². The van der Waals surface area contributed by atoms with Gasteiger partial charge >= 0.3 is 11.9 Å². The van der Waals surface area contributed by atoms with Gasteiger partial charge in [-0.25, -0.2) is 0 Å². The summed E-state index contributed by atoms with van der Waals surface area (Å²) in [4.78, 5) is 23.8. The van der Waals surface area contributed by atoms with Gasteiger partial charge in [-0.05, 0) is 18.8 Å². The van der Waals surface area contributed by atoms with Crippen LogP contribution < -0.4 is 0 Å². The van der Waals surface area contributed by atoms with E-state index < -0.39 is 0 Å². The molecule has 2 unspecified atom stereocenters. The van der Waals surface area contributed by atoms with Crippen LogP contribution in [0.4, 0.5) is 0 Å². The molecule has 1 heterocycles. The van der Waals surface area contributed by atoms with Crippen molar-refractivity contribution >= 4 is 11.9 Å². The van der Waals surface area contributed by atoms with Crippen molar-refractivity contribution in [3.8, 4) is 0 Å². The standard InChI is InChI=1S/C30H56O3/c1-3-5-7-9-11-13-15-17-19-21-23-25-27(28-26-29(31)33-30(28)32)24-22-20-18-16-14-12-10-8-6-4-2/h27-28H,3-26H2,1-2H3. The fourth-order valence-electron chi connectivity index (χ4n) is 5.36. The summed E-state index contributed by atoms with van der Waals surface area (Å²) in [7, 11) is 0. The molecule has 3 heteroatoms. The predicted molar refractivity (Wildman–Crippen MR) is 140 cm³/mol. The summed E-state index contributed by atoms with van der Waals surface area (Å²) in [5.41, 5.74) is 0. The van der Waals surface area contributed by atoms with E-state index in [1.807, 2.05) is 0 Å². The first-order valence-electron chi connectivity index (χ1n) is 14.9. The van der Waals surface area contributed by atoms with Gasteiger partial charge in [-0.2, -0.15) is 0 Å². The molecule has 3 nitrogen and oxygen atoms in total. The fourth-order valence-corrected chi connectivity index (χ4v) is 5.36. The molecular weight excluding hydrogens is 408 g/mol. The smallest absolute Gasteiger partial charge is 0.317 e.